The van der Waals surface area contributed by atoms with Crippen molar-refractivity contribution in [3.8, 4) is 11.5 Å². The molecule has 0 amide bonds. The lowest BCUT2D eigenvalue weighted by atomic mass is 10.1. The highest BCUT2D eigenvalue weighted by atomic mass is 35.5. The summed E-state index contributed by atoms with van der Waals surface area (Å²) in [6.07, 6.45) is -0.699. The zero-order valence-electron chi connectivity index (χ0n) is 11.8. The number of rotatable bonds is 5. The Kier molecular flexibility index (Phi) is 5.04. The number of hydrogen-bond acceptors (Lipinski definition) is 3. The van der Waals surface area contributed by atoms with Crippen molar-refractivity contribution in [3.05, 3.63) is 58.4 Å². The summed E-state index contributed by atoms with van der Waals surface area (Å²) < 4.78 is 24.4. The Bertz CT molecular complexity index is 629. The van der Waals surface area contributed by atoms with Crippen molar-refractivity contribution >= 4 is 11.6 Å². The van der Waals surface area contributed by atoms with Gasteiger partial charge in [0, 0.05) is 22.2 Å². The minimum Gasteiger partial charge on any atom is -0.497 e. The lowest BCUT2D eigenvalue weighted by Crippen LogP contribution is -2.03. The molecule has 0 unspecified atom stereocenters. The van der Waals surface area contributed by atoms with Crippen LogP contribution in [0.4, 0.5) is 4.39 Å². The standard InChI is InChI=1S/C16H16ClFO3/c1-10(19)14-5-4-13(20-2)8-16(14)21-9-11-7-12(17)3-6-15(11)18/h3-8,10,19H,9H2,1-2H3/t10-/m0/s1. The average molecular weight is 311 g/mol. The maximum Gasteiger partial charge on any atom is 0.129 e. The summed E-state index contributed by atoms with van der Waals surface area (Å²) in [5, 5.41) is 10.2. The molecule has 21 heavy (non-hydrogen) atoms. The van der Waals surface area contributed by atoms with E-state index >= 15 is 0 Å². The van der Waals surface area contributed by atoms with Crippen LogP contribution in [0.25, 0.3) is 0 Å². The fourth-order valence-electron chi connectivity index (χ4n) is 1.92. The van der Waals surface area contributed by atoms with Gasteiger partial charge in [0.2, 0.25) is 0 Å². The molecule has 1 atom stereocenters. The van der Waals surface area contributed by atoms with E-state index in [9.17, 15) is 9.50 Å². The van der Waals surface area contributed by atoms with Crippen LogP contribution in [-0.2, 0) is 6.61 Å². The number of halogens is 2. The third kappa shape index (κ3) is 3.86. The first-order valence-electron chi connectivity index (χ1n) is 6.44. The molecule has 0 saturated carbocycles. The van der Waals surface area contributed by atoms with Crippen LogP contribution in [0.3, 0.4) is 0 Å². The van der Waals surface area contributed by atoms with E-state index in [0.29, 0.717) is 27.6 Å². The molecule has 5 heteroatoms. The van der Waals surface area contributed by atoms with Crippen molar-refractivity contribution < 1.29 is 19.0 Å². The van der Waals surface area contributed by atoms with Gasteiger partial charge in [0.05, 0.1) is 13.2 Å². The van der Waals surface area contributed by atoms with Crippen LogP contribution in [-0.4, -0.2) is 12.2 Å². The van der Waals surface area contributed by atoms with Crippen molar-refractivity contribution in [1.82, 2.24) is 0 Å². The van der Waals surface area contributed by atoms with Gasteiger partial charge in [-0.15, -0.1) is 0 Å². The number of methoxy groups -OCH3 is 1. The van der Waals surface area contributed by atoms with Crippen LogP contribution in [0.2, 0.25) is 5.02 Å². The molecule has 0 bridgehead atoms. The maximum atomic E-state index is 13.7. The Morgan fingerprint density at radius 3 is 2.67 bits per heavy atom. The molecule has 0 fully saturated rings. The van der Waals surface area contributed by atoms with Gasteiger partial charge >= 0.3 is 0 Å². The average Bonchev–Trinajstić information content (AvgIpc) is 2.47. The molecule has 0 saturated heterocycles. The van der Waals surface area contributed by atoms with Gasteiger partial charge in [0.15, 0.2) is 0 Å². The van der Waals surface area contributed by atoms with Crippen molar-refractivity contribution in [1.29, 1.82) is 0 Å². The molecule has 0 radical (unpaired) electrons. The SMILES string of the molecule is COc1ccc([C@H](C)O)c(OCc2cc(Cl)ccc2F)c1. The topological polar surface area (TPSA) is 38.7 Å². The third-order valence-electron chi connectivity index (χ3n) is 3.06. The first-order valence-corrected chi connectivity index (χ1v) is 6.81. The molecule has 0 spiro atoms. The van der Waals surface area contributed by atoms with Gasteiger partial charge in [0.25, 0.3) is 0 Å². The molecule has 1 N–H and O–H groups in total. The molecule has 112 valence electrons. The lowest BCUT2D eigenvalue weighted by molar-refractivity contribution is 0.189. The number of aliphatic hydroxyl groups is 1. The Morgan fingerprint density at radius 1 is 1.24 bits per heavy atom. The van der Waals surface area contributed by atoms with Crippen molar-refractivity contribution in [2.24, 2.45) is 0 Å². The molecule has 0 heterocycles. The summed E-state index contributed by atoms with van der Waals surface area (Å²) in [6.45, 7) is 1.65. The Labute approximate surface area is 127 Å². The quantitative estimate of drug-likeness (QED) is 0.903. The smallest absolute Gasteiger partial charge is 0.129 e. The van der Waals surface area contributed by atoms with Crippen LogP contribution in [0.15, 0.2) is 36.4 Å². The summed E-state index contributed by atoms with van der Waals surface area (Å²) in [6, 6.07) is 9.39. The van der Waals surface area contributed by atoms with Gasteiger partial charge in [-0.2, -0.15) is 0 Å². The van der Waals surface area contributed by atoms with E-state index in [1.807, 2.05) is 0 Å². The largest absolute Gasteiger partial charge is 0.497 e. The van der Waals surface area contributed by atoms with Gasteiger partial charge in [-0.1, -0.05) is 11.6 Å². The fourth-order valence-corrected chi connectivity index (χ4v) is 2.12. The lowest BCUT2D eigenvalue weighted by Gasteiger charge is -2.15. The van der Waals surface area contributed by atoms with Gasteiger partial charge in [-0.05, 0) is 37.3 Å². The number of benzene rings is 2. The highest BCUT2D eigenvalue weighted by molar-refractivity contribution is 6.30. The normalized spacial score (nSPS) is 12.0. The Morgan fingerprint density at radius 2 is 2.00 bits per heavy atom. The molecule has 2 rings (SSSR count). The minimum absolute atomic E-state index is 0.0132. The molecule has 2 aromatic carbocycles. The second-order valence-electron chi connectivity index (χ2n) is 4.60. The highest BCUT2D eigenvalue weighted by Crippen LogP contribution is 2.30. The van der Waals surface area contributed by atoms with Crippen molar-refractivity contribution in [3.63, 3.8) is 0 Å². The molecule has 3 nitrogen and oxygen atoms in total. The summed E-state index contributed by atoms with van der Waals surface area (Å²) in [4.78, 5) is 0. The molecule has 2 aromatic rings. The molecular weight excluding hydrogens is 295 g/mol. The van der Waals surface area contributed by atoms with Gasteiger partial charge in [-0.3, -0.25) is 0 Å². The van der Waals surface area contributed by atoms with Crippen LogP contribution in [0.1, 0.15) is 24.2 Å². The summed E-state index contributed by atoms with van der Waals surface area (Å²) in [5.41, 5.74) is 0.958. The summed E-state index contributed by atoms with van der Waals surface area (Å²) in [5.74, 6) is 0.658. The predicted molar refractivity (Wildman–Crippen MR) is 79.4 cm³/mol. The number of hydrogen-bond donors (Lipinski definition) is 1. The number of ether oxygens (including phenoxy) is 2. The molecule has 0 aromatic heterocycles. The van der Waals surface area contributed by atoms with Crippen LogP contribution in [0.5, 0.6) is 11.5 Å². The van der Waals surface area contributed by atoms with Crippen molar-refractivity contribution in [2.45, 2.75) is 19.6 Å². The van der Waals surface area contributed by atoms with Gasteiger partial charge in [-0.25, -0.2) is 4.39 Å². The fraction of sp³-hybridized carbons (Fsp3) is 0.250. The highest BCUT2D eigenvalue weighted by Gasteiger charge is 2.12. The minimum atomic E-state index is -0.699. The maximum absolute atomic E-state index is 13.7. The van der Waals surface area contributed by atoms with Crippen LogP contribution >= 0.6 is 11.6 Å². The van der Waals surface area contributed by atoms with E-state index < -0.39 is 6.10 Å². The van der Waals surface area contributed by atoms with E-state index in [2.05, 4.69) is 0 Å². The number of aliphatic hydroxyl groups excluding tert-OH is 1. The second kappa shape index (κ2) is 6.78. The van der Waals surface area contributed by atoms with E-state index in [4.69, 9.17) is 21.1 Å². The van der Waals surface area contributed by atoms with Gasteiger partial charge in [0.1, 0.15) is 23.9 Å². The Balaban J connectivity index is 2.24. The first kappa shape index (κ1) is 15.6. The van der Waals surface area contributed by atoms with E-state index in [0.717, 1.165) is 0 Å². The monoisotopic (exact) mass is 310 g/mol. The van der Waals surface area contributed by atoms with Crippen molar-refractivity contribution in [2.75, 3.05) is 7.11 Å². The first-order chi connectivity index (χ1) is 10.0. The molecule has 0 aliphatic rings. The van der Waals surface area contributed by atoms with E-state index in [1.165, 1.54) is 25.3 Å². The zero-order valence-corrected chi connectivity index (χ0v) is 12.5. The Hall–Kier alpha value is -1.78. The summed E-state index contributed by atoms with van der Waals surface area (Å²) >= 11 is 5.85. The van der Waals surface area contributed by atoms with E-state index in [1.54, 1.807) is 25.1 Å². The van der Waals surface area contributed by atoms with Crippen LogP contribution < -0.4 is 9.47 Å². The second-order valence-corrected chi connectivity index (χ2v) is 5.04. The molecule has 0 aliphatic heterocycles. The third-order valence-corrected chi connectivity index (χ3v) is 3.30. The van der Waals surface area contributed by atoms with Crippen LogP contribution in [0, 0.1) is 5.82 Å². The van der Waals surface area contributed by atoms with E-state index in [-0.39, 0.29) is 12.4 Å². The molecule has 0 aliphatic carbocycles. The zero-order chi connectivity index (χ0) is 15.4. The van der Waals surface area contributed by atoms with Gasteiger partial charge < -0.3 is 14.6 Å². The molecular formula is C16H16ClFO3. The predicted octanol–water partition coefficient (Wildman–Crippen LogP) is 4.12. The summed E-state index contributed by atoms with van der Waals surface area (Å²) in [7, 11) is 1.54.